The van der Waals surface area contributed by atoms with E-state index in [0.29, 0.717) is 13.0 Å². The first-order chi connectivity index (χ1) is 10.2. The Morgan fingerprint density at radius 2 is 2.05 bits per heavy atom. The number of aryl methyl sites for hydroxylation is 1. The number of benzene rings is 1. The van der Waals surface area contributed by atoms with Gasteiger partial charge in [0.15, 0.2) is 0 Å². The molecule has 1 heterocycles. The van der Waals surface area contributed by atoms with Crippen molar-refractivity contribution in [1.29, 1.82) is 0 Å². The third-order valence-corrected chi connectivity index (χ3v) is 4.66. The summed E-state index contributed by atoms with van der Waals surface area (Å²) in [5.41, 5.74) is 8.41. The van der Waals surface area contributed by atoms with Gasteiger partial charge in [-0.15, -0.1) is 0 Å². The molecule has 2 atom stereocenters. The second-order valence-corrected chi connectivity index (χ2v) is 6.17. The molecular weight excluding hydrogens is 260 g/mol. The highest BCUT2D eigenvalue weighted by Gasteiger charge is 2.26. The summed E-state index contributed by atoms with van der Waals surface area (Å²) in [5.74, 6) is 0.529. The van der Waals surface area contributed by atoms with Crippen molar-refractivity contribution in [1.82, 2.24) is 4.90 Å². The molecule has 2 rings (SSSR count). The zero-order valence-electron chi connectivity index (χ0n) is 13.3. The Bertz CT molecular complexity index is 455. The number of carbonyl (C=O) groups is 1. The van der Waals surface area contributed by atoms with Crippen molar-refractivity contribution in [2.75, 3.05) is 13.1 Å². The van der Waals surface area contributed by atoms with Gasteiger partial charge in [0.2, 0.25) is 5.91 Å². The fourth-order valence-corrected chi connectivity index (χ4v) is 3.15. The zero-order chi connectivity index (χ0) is 15.2. The number of hydrogen-bond acceptors (Lipinski definition) is 2. The Labute approximate surface area is 128 Å². The molecule has 3 nitrogen and oxygen atoms in total. The molecule has 2 N–H and O–H groups in total. The second-order valence-electron chi connectivity index (χ2n) is 6.17. The van der Waals surface area contributed by atoms with Crippen molar-refractivity contribution in [2.24, 2.45) is 5.73 Å². The standard InChI is InChI=1S/C18H28N2O/c1-3-15-7-9-16(10-8-15)14(2)12-18(21)20-11-5-4-6-17(20)13-19/h7-10,14,17H,3-6,11-13,19H2,1-2H3. The maximum Gasteiger partial charge on any atom is 0.223 e. The number of rotatable bonds is 5. The lowest BCUT2D eigenvalue weighted by atomic mass is 9.94. The van der Waals surface area contributed by atoms with Gasteiger partial charge in [0, 0.05) is 25.6 Å². The molecule has 0 aromatic heterocycles. The Morgan fingerprint density at radius 1 is 1.33 bits per heavy atom. The van der Waals surface area contributed by atoms with Crippen LogP contribution >= 0.6 is 0 Å². The van der Waals surface area contributed by atoms with E-state index < -0.39 is 0 Å². The molecule has 0 radical (unpaired) electrons. The van der Waals surface area contributed by atoms with Gasteiger partial charge in [0.1, 0.15) is 0 Å². The Kier molecular flexibility index (Phi) is 5.80. The van der Waals surface area contributed by atoms with Crippen LogP contribution in [0, 0.1) is 0 Å². The molecule has 1 saturated heterocycles. The van der Waals surface area contributed by atoms with E-state index in [1.807, 2.05) is 4.90 Å². The first-order valence-corrected chi connectivity index (χ1v) is 8.24. The highest BCUT2D eigenvalue weighted by atomic mass is 16.2. The molecule has 0 aliphatic carbocycles. The second kappa shape index (κ2) is 7.60. The van der Waals surface area contributed by atoms with E-state index in [4.69, 9.17) is 5.73 Å². The summed E-state index contributed by atoms with van der Waals surface area (Å²) in [4.78, 5) is 14.6. The van der Waals surface area contributed by atoms with Crippen LogP contribution in [0.25, 0.3) is 0 Å². The molecule has 1 aromatic carbocycles. The van der Waals surface area contributed by atoms with Crippen LogP contribution in [-0.4, -0.2) is 29.9 Å². The number of carbonyl (C=O) groups excluding carboxylic acids is 1. The highest BCUT2D eigenvalue weighted by molar-refractivity contribution is 5.77. The summed E-state index contributed by atoms with van der Waals surface area (Å²) in [6, 6.07) is 8.90. The van der Waals surface area contributed by atoms with Gasteiger partial charge in [-0.2, -0.15) is 0 Å². The van der Waals surface area contributed by atoms with Crippen LogP contribution in [0.5, 0.6) is 0 Å². The molecule has 116 valence electrons. The number of hydrogen-bond donors (Lipinski definition) is 1. The SMILES string of the molecule is CCc1ccc(C(C)CC(=O)N2CCCCC2CN)cc1. The topological polar surface area (TPSA) is 46.3 Å². The van der Waals surface area contributed by atoms with Crippen LogP contribution in [0.3, 0.4) is 0 Å². The van der Waals surface area contributed by atoms with Gasteiger partial charge in [0.05, 0.1) is 0 Å². The molecule has 1 aliphatic rings. The Balaban J connectivity index is 1.97. The van der Waals surface area contributed by atoms with E-state index in [0.717, 1.165) is 25.8 Å². The van der Waals surface area contributed by atoms with Crippen LogP contribution in [0.1, 0.15) is 56.6 Å². The molecule has 3 heteroatoms. The summed E-state index contributed by atoms with van der Waals surface area (Å²) in [6.07, 6.45) is 5.00. The first kappa shape index (κ1) is 16.0. The number of likely N-dealkylation sites (tertiary alicyclic amines) is 1. The van der Waals surface area contributed by atoms with Gasteiger partial charge in [-0.05, 0) is 42.7 Å². The highest BCUT2D eigenvalue weighted by Crippen LogP contribution is 2.23. The number of nitrogens with two attached hydrogens (primary N) is 1. The van der Waals surface area contributed by atoms with Crippen molar-refractivity contribution in [3.8, 4) is 0 Å². The zero-order valence-corrected chi connectivity index (χ0v) is 13.3. The van der Waals surface area contributed by atoms with Crippen molar-refractivity contribution in [3.05, 3.63) is 35.4 Å². The molecule has 1 aromatic rings. The van der Waals surface area contributed by atoms with Crippen molar-refractivity contribution in [2.45, 2.75) is 57.9 Å². The first-order valence-electron chi connectivity index (χ1n) is 8.24. The van der Waals surface area contributed by atoms with Gasteiger partial charge in [0.25, 0.3) is 0 Å². The molecule has 21 heavy (non-hydrogen) atoms. The minimum absolute atomic E-state index is 0.251. The largest absolute Gasteiger partial charge is 0.338 e. The Morgan fingerprint density at radius 3 is 2.67 bits per heavy atom. The summed E-state index contributed by atoms with van der Waals surface area (Å²) < 4.78 is 0. The van der Waals surface area contributed by atoms with E-state index in [1.54, 1.807) is 0 Å². The lowest BCUT2D eigenvalue weighted by Gasteiger charge is -2.35. The minimum Gasteiger partial charge on any atom is -0.338 e. The predicted molar refractivity (Wildman–Crippen MR) is 87.3 cm³/mol. The van der Waals surface area contributed by atoms with Crippen molar-refractivity contribution >= 4 is 5.91 Å². The van der Waals surface area contributed by atoms with Crippen molar-refractivity contribution < 1.29 is 4.79 Å². The molecule has 1 amide bonds. The van der Waals surface area contributed by atoms with Gasteiger partial charge in [-0.25, -0.2) is 0 Å². The molecular formula is C18H28N2O. The average molecular weight is 288 g/mol. The summed E-state index contributed by atoms with van der Waals surface area (Å²) >= 11 is 0. The molecule has 0 spiro atoms. The van der Waals surface area contributed by atoms with E-state index in [9.17, 15) is 4.79 Å². The maximum atomic E-state index is 12.5. The van der Waals surface area contributed by atoms with Crippen LogP contribution in [0.4, 0.5) is 0 Å². The van der Waals surface area contributed by atoms with Crippen LogP contribution in [0.15, 0.2) is 24.3 Å². The van der Waals surface area contributed by atoms with E-state index in [1.165, 1.54) is 17.5 Å². The minimum atomic E-state index is 0.251. The molecule has 0 saturated carbocycles. The third kappa shape index (κ3) is 4.07. The molecule has 2 unspecified atom stereocenters. The predicted octanol–water partition coefficient (Wildman–Crippen LogP) is 3.08. The normalized spacial score (nSPS) is 20.3. The van der Waals surface area contributed by atoms with Gasteiger partial charge >= 0.3 is 0 Å². The van der Waals surface area contributed by atoms with Gasteiger partial charge in [-0.1, -0.05) is 38.1 Å². The van der Waals surface area contributed by atoms with Crippen LogP contribution < -0.4 is 5.73 Å². The summed E-state index contributed by atoms with van der Waals surface area (Å²) in [5, 5.41) is 0. The summed E-state index contributed by atoms with van der Waals surface area (Å²) in [6.45, 7) is 5.76. The lowest BCUT2D eigenvalue weighted by Crippen LogP contribution is -2.47. The van der Waals surface area contributed by atoms with Crippen LogP contribution in [-0.2, 0) is 11.2 Å². The van der Waals surface area contributed by atoms with Crippen molar-refractivity contribution in [3.63, 3.8) is 0 Å². The quantitative estimate of drug-likeness (QED) is 0.905. The number of piperidine rings is 1. The smallest absolute Gasteiger partial charge is 0.223 e. The monoisotopic (exact) mass is 288 g/mol. The van der Waals surface area contributed by atoms with E-state index >= 15 is 0 Å². The van der Waals surface area contributed by atoms with Gasteiger partial charge < -0.3 is 10.6 Å². The van der Waals surface area contributed by atoms with E-state index in [2.05, 4.69) is 38.1 Å². The molecule has 1 fully saturated rings. The fraction of sp³-hybridized carbons (Fsp3) is 0.611. The summed E-state index contributed by atoms with van der Waals surface area (Å²) in [7, 11) is 0. The molecule has 0 bridgehead atoms. The van der Waals surface area contributed by atoms with E-state index in [-0.39, 0.29) is 17.9 Å². The number of nitrogens with zero attached hydrogens (tertiary/aromatic N) is 1. The maximum absolute atomic E-state index is 12.5. The number of amides is 1. The molecule has 1 aliphatic heterocycles. The fourth-order valence-electron chi connectivity index (χ4n) is 3.15. The van der Waals surface area contributed by atoms with Gasteiger partial charge in [-0.3, -0.25) is 4.79 Å². The lowest BCUT2D eigenvalue weighted by molar-refractivity contribution is -0.135. The van der Waals surface area contributed by atoms with Crippen LogP contribution in [0.2, 0.25) is 0 Å². The average Bonchev–Trinajstić information content (AvgIpc) is 2.54. The Hall–Kier alpha value is -1.35. The third-order valence-electron chi connectivity index (χ3n) is 4.66.